The van der Waals surface area contributed by atoms with Gasteiger partial charge in [0, 0.05) is 16.8 Å². The minimum atomic E-state index is -0.0664. The molecule has 0 unspecified atom stereocenters. The Bertz CT molecular complexity index is 1660. The average Bonchev–Trinajstić information content (AvgIpc) is 3.53. The number of nitrogens with one attached hydrogen (secondary N) is 1. The van der Waals surface area contributed by atoms with E-state index in [1.807, 2.05) is 83.4 Å². The van der Waals surface area contributed by atoms with Crippen molar-refractivity contribution in [2.75, 3.05) is 5.73 Å². The molecule has 7 rings (SSSR count). The number of nitrogens with zero attached hydrogens (tertiary/aromatic N) is 4. The zero-order valence-electron chi connectivity index (χ0n) is 17.3. The van der Waals surface area contributed by atoms with Crippen LogP contribution in [0.1, 0.15) is 15.9 Å². The van der Waals surface area contributed by atoms with E-state index < -0.39 is 0 Å². The molecule has 3 N–H and O–H groups in total. The number of aromatic amines is 1. The summed E-state index contributed by atoms with van der Waals surface area (Å²) in [5, 5.41) is 8.65. The molecule has 0 saturated heterocycles. The van der Waals surface area contributed by atoms with Crippen LogP contribution in [0.4, 0.5) is 5.82 Å². The quantitative estimate of drug-likeness (QED) is 0.415. The van der Waals surface area contributed by atoms with Crippen LogP contribution in [0.5, 0.6) is 0 Å². The van der Waals surface area contributed by atoms with E-state index in [-0.39, 0.29) is 5.78 Å². The van der Waals surface area contributed by atoms with Crippen molar-refractivity contribution in [3.05, 3.63) is 90.0 Å². The molecule has 33 heavy (non-hydrogen) atoms. The van der Waals surface area contributed by atoms with Gasteiger partial charge in [-0.05, 0) is 29.8 Å². The number of hydrogen-bond donors (Lipinski definition) is 2. The molecule has 1 aliphatic carbocycles. The first-order valence-electron chi connectivity index (χ1n) is 10.6. The lowest BCUT2D eigenvalue weighted by molar-refractivity contribution is 0.104. The normalized spacial score (nSPS) is 12.4. The lowest BCUT2D eigenvalue weighted by Crippen LogP contribution is -2.12. The lowest BCUT2D eigenvalue weighted by Gasteiger charge is -2.20. The summed E-state index contributed by atoms with van der Waals surface area (Å²) in [6.45, 7) is 0. The smallest absolute Gasteiger partial charge is 0.196 e. The van der Waals surface area contributed by atoms with Gasteiger partial charge in [0.25, 0.3) is 0 Å². The number of pyridine rings is 1. The molecule has 2 aliphatic heterocycles. The molecular formula is C26H16N6O. The fraction of sp³-hybridized carbons (Fsp3) is 0. The number of carbonyl (C=O) groups excluding carboxylic acids is 1. The second kappa shape index (κ2) is 6.37. The Hall–Kier alpha value is -4.78. The fourth-order valence-electron chi connectivity index (χ4n) is 4.82. The van der Waals surface area contributed by atoms with Crippen molar-refractivity contribution in [3.63, 3.8) is 0 Å². The number of aromatic nitrogens is 5. The van der Waals surface area contributed by atoms with Crippen molar-refractivity contribution >= 4 is 22.6 Å². The van der Waals surface area contributed by atoms with Gasteiger partial charge in [0.1, 0.15) is 5.69 Å². The maximum absolute atomic E-state index is 13.8. The third-order valence-electron chi connectivity index (χ3n) is 6.20. The van der Waals surface area contributed by atoms with E-state index in [9.17, 15) is 4.79 Å². The van der Waals surface area contributed by atoms with Crippen LogP contribution in [0.15, 0.2) is 78.9 Å². The Kier molecular flexibility index (Phi) is 3.44. The van der Waals surface area contributed by atoms with Gasteiger partial charge in [-0.1, -0.05) is 54.6 Å². The van der Waals surface area contributed by atoms with Crippen LogP contribution in [0.2, 0.25) is 0 Å². The van der Waals surface area contributed by atoms with Gasteiger partial charge in [0.2, 0.25) is 0 Å². The summed E-state index contributed by atoms with van der Waals surface area (Å²) in [5.41, 5.74) is 13.0. The summed E-state index contributed by atoms with van der Waals surface area (Å²) in [7, 11) is 0. The first-order chi connectivity index (χ1) is 16.2. The zero-order chi connectivity index (χ0) is 22.1. The maximum atomic E-state index is 13.8. The topological polar surface area (TPSA) is 102 Å². The standard InChI is InChI=1S/C26H16N6O/c27-24-21-19-15-10-4-5-11-16(15)23(33)20(19)22(25-28-17-12-6-7-13-18(17)29-25)32(26(21)31-30-24)14-8-2-1-3-9-14/h1-13H,(H2,27,30)(H,28,29). The van der Waals surface area contributed by atoms with Gasteiger partial charge < -0.3 is 10.7 Å². The molecule has 3 aliphatic rings. The number of ketones is 1. The highest BCUT2D eigenvalue weighted by molar-refractivity contribution is 6.27. The van der Waals surface area contributed by atoms with Crippen molar-refractivity contribution in [1.29, 1.82) is 0 Å². The van der Waals surface area contributed by atoms with Crippen LogP contribution in [0.25, 0.3) is 50.8 Å². The number of imidazole rings is 1. The molecule has 0 radical (unpaired) electrons. The largest absolute Gasteiger partial charge is 0.382 e. The number of hydrogen-bond acceptors (Lipinski definition) is 5. The third kappa shape index (κ3) is 2.33. The molecule has 0 bridgehead atoms. The summed E-state index contributed by atoms with van der Waals surface area (Å²) in [4.78, 5) is 22.1. The van der Waals surface area contributed by atoms with Crippen LogP contribution < -0.4 is 5.73 Å². The van der Waals surface area contributed by atoms with E-state index in [4.69, 9.17) is 10.7 Å². The Morgan fingerprint density at radius 3 is 2.30 bits per heavy atom. The van der Waals surface area contributed by atoms with Gasteiger partial charge in [0.05, 0.1) is 22.2 Å². The highest BCUT2D eigenvalue weighted by Crippen LogP contribution is 2.50. The van der Waals surface area contributed by atoms with Crippen LogP contribution in [0, 0.1) is 0 Å². The maximum Gasteiger partial charge on any atom is 0.196 e. The minimum absolute atomic E-state index is 0.0664. The van der Waals surface area contributed by atoms with Crippen molar-refractivity contribution in [2.24, 2.45) is 0 Å². The minimum Gasteiger partial charge on any atom is -0.382 e. The van der Waals surface area contributed by atoms with E-state index in [0.717, 1.165) is 27.8 Å². The summed E-state index contributed by atoms with van der Waals surface area (Å²) in [5.74, 6) is 1.40. The van der Waals surface area contributed by atoms with E-state index in [0.29, 0.717) is 39.9 Å². The molecule has 3 heterocycles. The Morgan fingerprint density at radius 2 is 1.48 bits per heavy atom. The second-order valence-corrected chi connectivity index (χ2v) is 8.03. The molecule has 7 heteroatoms. The van der Waals surface area contributed by atoms with E-state index in [1.165, 1.54) is 0 Å². The summed E-state index contributed by atoms with van der Waals surface area (Å²) in [6.07, 6.45) is 0. The fourth-order valence-corrected chi connectivity index (χ4v) is 4.82. The number of fused-ring (bicyclic) bond motifs is 6. The third-order valence-corrected chi connectivity index (χ3v) is 6.20. The monoisotopic (exact) mass is 428 g/mol. The molecule has 3 aromatic carbocycles. The Labute approximate surface area is 187 Å². The second-order valence-electron chi connectivity index (χ2n) is 8.03. The number of anilines is 1. The first kappa shape index (κ1) is 17.9. The van der Waals surface area contributed by atoms with Gasteiger partial charge >= 0.3 is 0 Å². The molecule has 4 aromatic rings. The predicted molar refractivity (Wildman–Crippen MR) is 126 cm³/mol. The number of nitrogen functional groups attached to an aromatic ring is 1. The van der Waals surface area contributed by atoms with Gasteiger partial charge in [-0.3, -0.25) is 9.36 Å². The van der Waals surface area contributed by atoms with Crippen molar-refractivity contribution in [1.82, 2.24) is 24.7 Å². The molecule has 0 spiro atoms. The molecule has 0 saturated carbocycles. The van der Waals surface area contributed by atoms with Gasteiger partial charge in [-0.15, -0.1) is 10.2 Å². The number of H-pyrrole nitrogens is 1. The summed E-state index contributed by atoms with van der Waals surface area (Å²) < 4.78 is 1.93. The SMILES string of the molecule is Nc1nnc2n(-c3ccccc3)c(-c3nc4ccccc4[nH]3)c3c(c1-2)-c1ccccc1C3=O. The van der Waals surface area contributed by atoms with Crippen molar-refractivity contribution < 1.29 is 4.79 Å². The van der Waals surface area contributed by atoms with Gasteiger partial charge in [-0.2, -0.15) is 0 Å². The van der Waals surface area contributed by atoms with Crippen molar-refractivity contribution in [3.8, 4) is 39.7 Å². The number of rotatable bonds is 2. The summed E-state index contributed by atoms with van der Waals surface area (Å²) >= 11 is 0. The van der Waals surface area contributed by atoms with E-state index in [2.05, 4.69) is 15.2 Å². The highest BCUT2D eigenvalue weighted by Gasteiger charge is 2.39. The highest BCUT2D eigenvalue weighted by atomic mass is 16.1. The molecular weight excluding hydrogens is 412 g/mol. The zero-order valence-corrected chi connectivity index (χ0v) is 17.3. The van der Waals surface area contributed by atoms with Crippen molar-refractivity contribution in [2.45, 2.75) is 0 Å². The van der Waals surface area contributed by atoms with Crippen LogP contribution >= 0.6 is 0 Å². The lowest BCUT2D eigenvalue weighted by atomic mass is 9.97. The van der Waals surface area contributed by atoms with Gasteiger partial charge in [-0.25, -0.2) is 4.98 Å². The molecule has 0 fully saturated rings. The summed E-state index contributed by atoms with van der Waals surface area (Å²) in [6, 6.07) is 25.2. The molecule has 7 nitrogen and oxygen atoms in total. The Balaban J connectivity index is 1.71. The number of para-hydroxylation sites is 3. The molecule has 0 amide bonds. The van der Waals surface area contributed by atoms with E-state index >= 15 is 0 Å². The number of nitrogens with two attached hydrogens (primary N) is 1. The first-order valence-corrected chi connectivity index (χ1v) is 10.6. The molecule has 156 valence electrons. The molecule has 1 aromatic heterocycles. The van der Waals surface area contributed by atoms with Gasteiger partial charge in [0.15, 0.2) is 23.2 Å². The van der Waals surface area contributed by atoms with E-state index in [1.54, 1.807) is 0 Å². The van der Waals surface area contributed by atoms with Crippen LogP contribution in [-0.4, -0.2) is 30.5 Å². The average molecular weight is 428 g/mol. The predicted octanol–water partition coefficient (Wildman–Crippen LogP) is 4.71. The number of benzene rings is 3. The Morgan fingerprint density at radius 1 is 0.758 bits per heavy atom. The van der Waals surface area contributed by atoms with Crippen LogP contribution in [-0.2, 0) is 0 Å². The number of carbonyl (C=O) groups is 1. The van der Waals surface area contributed by atoms with Crippen LogP contribution in [0.3, 0.4) is 0 Å². The molecule has 0 atom stereocenters.